The molecule has 31 heavy (non-hydrogen) atoms. The van der Waals surface area contributed by atoms with E-state index in [4.69, 9.17) is 9.47 Å². The number of hydrogen-bond donors (Lipinski definition) is 2. The van der Waals surface area contributed by atoms with Gasteiger partial charge in [0.2, 0.25) is 0 Å². The largest absolute Gasteiger partial charge is 0.497 e. The Balaban J connectivity index is 1.67. The lowest BCUT2D eigenvalue weighted by Crippen LogP contribution is -2.43. The molecule has 0 bridgehead atoms. The standard InChI is InChI=1S/C22H21FN4O4/c1-30-15-6-3-13(4-7-15)20-19-18(24-12-25-19)9-10-27(20)22(29)26-17-8-5-14(23)11-16(17)21(28)31-2/h3-8,11-12,20H,9-10H2,1-2H3,(H,24,25)(H,26,29)/t20-/m1/s1. The summed E-state index contributed by atoms with van der Waals surface area (Å²) in [5, 5.41) is 2.72. The van der Waals surface area contributed by atoms with Crippen LogP contribution in [0.2, 0.25) is 0 Å². The number of nitrogens with zero attached hydrogens (tertiary/aromatic N) is 2. The van der Waals surface area contributed by atoms with E-state index in [0.717, 1.165) is 23.0 Å². The third-order valence-corrected chi connectivity index (χ3v) is 5.25. The molecule has 2 N–H and O–H groups in total. The minimum Gasteiger partial charge on any atom is -0.497 e. The summed E-state index contributed by atoms with van der Waals surface area (Å²) in [5.41, 5.74) is 2.67. The van der Waals surface area contributed by atoms with Gasteiger partial charge in [0, 0.05) is 18.7 Å². The Kier molecular flexibility index (Phi) is 5.57. The number of urea groups is 1. The second-order valence-electron chi connectivity index (χ2n) is 7.00. The van der Waals surface area contributed by atoms with Gasteiger partial charge in [-0.3, -0.25) is 0 Å². The van der Waals surface area contributed by atoms with Gasteiger partial charge < -0.3 is 24.7 Å². The van der Waals surface area contributed by atoms with Crippen LogP contribution in [0, 0.1) is 5.82 Å². The number of ether oxygens (including phenoxy) is 2. The lowest BCUT2D eigenvalue weighted by atomic mass is 9.96. The van der Waals surface area contributed by atoms with Gasteiger partial charge in [-0.05, 0) is 35.9 Å². The van der Waals surface area contributed by atoms with Gasteiger partial charge in [0.25, 0.3) is 0 Å². The molecule has 2 aromatic carbocycles. The van der Waals surface area contributed by atoms with Crippen LogP contribution in [0.25, 0.3) is 0 Å². The van der Waals surface area contributed by atoms with Crippen LogP contribution in [0.1, 0.15) is 33.4 Å². The number of imidazole rings is 1. The summed E-state index contributed by atoms with van der Waals surface area (Å²) < 4.78 is 23.6. The van der Waals surface area contributed by atoms with Crippen LogP contribution in [-0.4, -0.2) is 47.6 Å². The van der Waals surface area contributed by atoms with Crippen LogP contribution in [0.15, 0.2) is 48.8 Å². The third kappa shape index (κ3) is 3.94. The van der Waals surface area contributed by atoms with Crippen molar-refractivity contribution in [1.29, 1.82) is 0 Å². The first-order chi connectivity index (χ1) is 15.0. The number of carbonyl (C=O) groups is 2. The Morgan fingerprint density at radius 3 is 2.68 bits per heavy atom. The first-order valence-corrected chi connectivity index (χ1v) is 9.63. The predicted octanol–water partition coefficient (Wildman–Crippen LogP) is 3.52. The second-order valence-corrected chi connectivity index (χ2v) is 7.00. The zero-order valence-corrected chi connectivity index (χ0v) is 17.0. The molecule has 0 spiro atoms. The number of carbonyl (C=O) groups excluding carboxylic acids is 2. The quantitative estimate of drug-likeness (QED) is 0.625. The van der Waals surface area contributed by atoms with Crippen molar-refractivity contribution >= 4 is 17.7 Å². The molecule has 2 heterocycles. The highest BCUT2D eigenvalue weighted by atomic mass is 19.1. The van der Waals surface area contributed by atoms with Gasteiger partial charge in [0.1, 0.15) is 17.6 Å². The van der Waals surface area contributed by atoms with E-state index in [2.05, 4.69) is 15.3 Å². The molecule has 0 fully saturated rings. The summed E-state index contributed by atoms with van der Waals surface area (Å²) in [6.45, 7) is 0.423. The second kappa shape index (κ2) is 8.47. The predicted molar refractivity (Wildman–Crippen MR) is 111 cm³/mol. The Hall–Kier alpha value is -3.88. The van der Waals surface area contributed by atoms with E-state index < -0.39 is 23.9 Å². The SMILES string of the molecule is COC(=O)c1cc(F)ccc1NC(=O)N1CCc2[nH]cnc2[C@H]1c1ccc(OC)cc1. The molecule has 3 aromatic rings. The highest BCUT2D eigenvalue weighted by molar-refractivity contribution is 6.01. The maximum Gasteiger partial charge on any atom is 0.340 e. The van der Waals surface area contributed by atoms with Crippen LogP contribution in [0.3, 0.4) is 0 Å². The number of H-pyrrole nitrogens is 1. The fourth-order valence-corrected chi connectivity index (χ4v) is 3.71. The first kappa shape index (κ1) is 20.4. The molecular formula is C22H21FN4O4. The third-order valence-electron chi connectivity index (χ3n) is 5.25. The molecule has 1 aliphatic heterocycles. The maximum absolute atomic E-state index is 13.7. The number of nitrogens with one attached hydrogen (secondary N) is 2. The maximum atomic E-state index is 13.7. The summed E-state index contributed by atoms with van der Waals surface area (Å²) in [7, 11) is 2.78. The molecular weight excluding hydrogens is 403 g/mol. The molecule has 0 saturated heterocycles. The Bertz CT molecular complexity index is 1110. The number of hydrogen-bond acceptors (Lipinski definition) is 5. The van der Waals surface area contributed by atoms with Crippen molar-refractivity contribution in [2.45, 2.75) is 12.5 Å². The first-order valence-electron chi connectivity index (χ1n) is 9.63. The number of aromatic nitrogens is 2. The zero-order chi connectivity index (χ0) is 22.0. The van der Waals surface area contributed by atoms with Gasteiger partial charge in [0.05, 0.1) is 37.5 Å². The summed E-state index contributed by atoms with van der Waals surface area (Å²) in [6, 6.07) is 10.1. The molecule has 9 heteroatoms. The highest BCUT2D eigenvalue weighted by Gasteiger charge is 2.34. The monoisotopic (exact) mass is 424 g/mol. The molecule has 160 valence electrons. The van der Waals surface area contributed by atoms with Gasteiger partial charge >= 0.3 is 12.0 Å². The van der Waals surface area contributed by atoms with Crippen molar-refractivity contribution in [2.24, 2.45) is 0 Å². The lowest BCUT2D eigenvalue weighted by Gasteiger charge is -2.35. The summed E-state index contributed by atoms with van der Waals surface area (Å²) in [6.07, 6.45) is 2.21. The van der Waals surface area contributed by atoms with Crippen LogP contribution in [0.4, 0.5) is 14.9 Å². The smallest absolute Gasteiger partial charge is 0.340 e. The molecule has 1 aromatic heterocycles. The van der Waals surface area contributed by atoms with Crippen LogP contribution in [-0.2, 0) is 11.2 Å². The molecule has 0 radical (unpaired) electrons. The van der Waals surface area contributed by atoms with Crippen LogP contribution in [0.5, 0.6) is 5.75 Å². The summed E-state index contributed by atoms with van der Waals surface area (Å²) >= 11 is 0. The number of anilines is 1. The average Bonchev–Trinajstić information content (AvgIpc) is 3.28. The number of halogens is 1. The molecule has 0 saturated carbocycles. The lowest BCUT2D eigenvalue weighted by molar-refractivity contribution is 0.0601. The molecule has 1 aliphatic rings. The number of benzene rings is 2. The minimum atomic E-state index is -0.741. The van der Waals surface area contributed by atoms with E-state index in [1.54, 1.807) is 18.3 Å². The molecule has 2 amide bonds. The van der Waals surface area contributed by atoms with Crippen molar-refractivity contribution in [2.75, 3.05) is 26.1 Å². The van der Waals surface area contributed by atoms with E-state index in [1.807, 2.05) is 24.3 Å². The molecule has 1 atom stereocenters. The normalized spacial score (nSPS) is 15.2. The van der Waals surface area contributed by atoms with E-state index >= 15 is 0 Å². The number of amides is 2. The van der Waals surface area contributed by atoms with E-state index in [9.17, 15) is 14.0 Å². The van der Waals surface area contributed by atoms with Gasteiger partial charge in [0.15, 0.2) is 0 Å². The van der Waals surface area contributed by atoms with E-state index in [-0.39, 0.29) is 11.3 Å². The van der Waals surface area contributed by atoms with E-state index in [0.29, 0.717) is 18.7 Å². The van der Waals surface area contributed by atoms with Crippen molar-refractivity contribution in [3.8, 4) is 5.75 Å². The van der Waals surface area contributed by atoms with Gasteiger partial charge in [-0.15, -0.1) is 0 Å². The Morgan fingerprint density at radius 2 is 1.97 bits per heavy atom. The van der Waals surface area contributed by atoms with Crippen LogP contribution < -0.4 is 10.1 Å². The van der Waals surface area contributed by atoms with Gasteiger partial charge in [-0.1, -0.05) is 12.1 Å². The Morgan fingerprint density at radius 1 is 1.19 bits per heavy atom. The highest BCUT2D eigenvalue weighted by Crippen LogP contribution is 2.34. The zero-order valence-electron chi connectivity index (χ0n) is 17.0. The number of rotatable bonds is 4. The summed E-state index contributed by atoms with van der Waals surface area (Å²) in [5.74, 6) is -0.643. The average molecular weight is 424 g/mol. The molecule has 4 rings (SSSR count). The van der Waals surface area contributed by atoms with Gasteiger partial charge in [-0.25, -0.2) is 19.0 Å². The Labute approximate surface area is 178 Å². The molecule has 8 nitrogen and oxygen atoms in total. The van der Waals surface area contributed by atoms with E-state index in [1.165, 1.54) is 19.2 Å². The van der Waals surface area contributed by atoms with Crippen molar-refractivity contribution in [3.63, 3.8) is 0 Å². The molecule has 0 unspecified atom stereocenters. The fraction of sp³-hybridized carbons (Fsp3) is 0.227. The minimum absolute atomic E-state index is 0.0608. The van der Waals surface area contributed by atoms with Crippen molar-refractivity contribution in [3.05, 3.63) is 77.1 Å². The summed E-state index contributed by atoms with van der Waals surface area (Å²) in [4.78, 5) is 34.5. The van der Waals surface area contributed by atoms with Crippen LogP contribution >= 0.6 is 0 Å². The van der Waals surface area contributed by atoms with Gasteiger partial charge in [-0.2, -0.15) is 0 Å². The number of fused-ring (bicyclic) bond motifs is 1. The number of aromatic amines is 1. The van der Waals surface area contributed by atoms with Crippen molar-refractivity contribution in [1.82, 2.24) is 14.9 Å². The fourth-order valence-electron chi connectivity index (χ4n) is 3.71. The molecule has 0 aliphatic carbocycles. The van der Waals surface area contributed by atoms with Crippen molar-refractivity contribution < 1.29 is 23.5 Å². The number of esters is 1. The topological polar surface area (TPSA) is 96.6 Å². The number of methoxy groups -OCH3 is 2.